The van der Waals surface area contributed by atoms with Gasteiger partial charge in [-0.25, -0.2) is 0 Å². The summed E-state index contributed by atoms with van der Waals surface area (Å²) in [4.78, 5) is 2.61. The first-order chi connectivity index (χ1) is 9.20. The molecule has 0 radical (unpaired) electrons. The number of rotatable bonds is 8. The molecule has 0 saturated heterocycles. The lowest BCUT2D eigenvalue weighted by molar-refractivity contribution is 0.150. The molecule has 2 rings (SSSR count). The van der Waals surface area contributed by atoms with E-state index in [1.165, 1.54) is 18.4 Å². The summed E-state index contributed by atoms with van der Waals surface area (Å²) < 4.78 is 0. The van der Waals surface area contributed by atoms with E-state index in [9.17, 15) is 0 Å². The molecule has 1 aromatic carbocycles. The smallest absolute Gasteiger partial charge is 0.0247 e. The van der Waals surface area contributed by atoms with Crippen LogP contribution >= 0.6 is 0 Å². The molecule has 0 aromatic heterocycles. The van der Waals surface area contributed by atoms with Gasteiger partial charge in [0.2, 0.25) is 0 Å². The van der Waals surface area contributed by atoms with Crippen LogP contribution in [0.1, 0.15) is 39.2 Å². The van der Waals surface area contributed by atoms with Crippen molar-refractivity contribution in [1.29, 1.82) is 0 Å². The second kappa shape index (κ2) is 7.06. The Hall–Kier alpha value is -0.860. The third-order valence-electron chi connectivity index (χ3n) is 4.07. The van der Waals surface area contributed by atoms with E-state index in [1.54, 1.807) is 0 Å². The molecule has 1 saturated carbocycles. The van der Waals surface area contributed by atoms with Gasteiger partial charge < -0.3 is 5.32 Å². The summed E-state index contributed by atoms with van der Waals surface area (Å²) in [5, 5.41) is 3.70. The summed E-state index contributed by atoms with van der Waals surface area (Å²) in [5.74, 6) is 0.690. The number of nitrogens with zero attached hydrogens (tertiary/aromatic N) is 1. The van der Waals surface area contributed by atoms with Crippen molar-refractivity contribution < 1.29 is 0 Å². The van der Waals surface area contributed by atoms with Crippen LogP contribution in [0.3, 0.4) is 0 Å². The summed E-state index contributed by atoms with van der Waals surface area (Å²) >= 11 is 0. The Morgan fingerprint density at radius 1 is 1.21 bits per heavy atom. The van der Waals surface area contributed by atoms with Gasteiger partial charge in [-0.3, -0.25) is 4.90 Å². The SMILES string of the molecule is CCN(Cc1ccccc1)C(CNC1CC1)C(C)C. The monoisotopic (exact) mass is 260 g/mol. The molecule has 2 nitrogen and oxygen atoms in total. The summed E-state index contributed by atoms with van der Waals surface area (Å²) in [6.45, 7) is 10.3. The molecule has 1 N–H and O–H groups in total. The highest BCUT2D eigenvalue weighted by Crippen LogP contribution is 2.20. The Morgan fingerprint density at radius 3 is 2.42 bits per heavy atom. The van der Waals surface area contributed by atoms with Crippen LogP contribution in [-0.2, 0) is 6.54 Å². The number of nitrogens with one attached hydrogen (secondary N) is 1. The average molecular weight is 260 g/mol. The third-order valence-corrected chi connectivity index (χ3v) is 4.07. The van der Waals surface area contributed by atoms with E-state index in [2.05, 4.69) is 61.3 Å². The molecule has 0 aliphatic heterocycles. The molecule has 0 amide bonds. The van der Waals surface area contributed by atoms with E-state index >= 15 is 0 Å². The van der Waals surface area contributed by atoms with Crippen LogP contribution in [0.25, 0.3) is 0 Å². The molecular formula is C17H28N2. The van der Waals surface area contributed by atoms with Crippen LogP contribution in [0, 0.1) is 5.92 Å². The molecule has 0 spiro atoms. The van der Waals surface area contributed by atoms with Crippen LogP contribution in [0.2, 0.25) is 0 Å². The Labute approximate surface area is 118 Å². The Kier molecular flexibility index (Phi) is 5.41. The molecule has 0 bridgehead atoms. The van der Waals surface area contributed by atoms with Crippen LogP contribution < -0.4 is 5.32 Å². The lowest BCUT2D eigenvalue weighted by Crippen LogP contribution is -2.45. The molecule has 1 aliphatic carbocycles. The fraction of sp³-hybridized carbons (Fsp3) is 0.647. The van der Waals surface area contributed by atoms with Crippen LogP contribution in [-0.4, -0.2) is 30.1 Å². The van der Waals surface area contributed by atoms with E-state index in [4.69, 9.17) is 0 Å². The Morgan fingerprint density at radius 2 is 1.89 bits per heavy atom. The normalized spacial score (nSPS) is 17.1. The zero-order valence-electron chi connectivity index (χ0n) is 12.6. The molecule has 1 aliphatic rings. The molecule has 19 heavy (non-hydrogen) atoms. The van der Waals surface area contributed by atoms with Crippen molar-refractivity contribution in [3.05, 3.63) is 35.9 Å². The maximum absolute atomic E-state index is 3.70. The number of hydrogen-bond acceptors (Lipinski definition) is 2. The predicted molar refractivity (Wildman–Crippen MR) is 82.2 cm³/mol. The minimum Gasteiger partial charge on any atom is -0.312 e. The highest BCUT2D eigenvalue weighted by molar-refractivity contribution is 5.14. The zero-order chi connectivity index (χ0) is 13.7. The first-order valence-corrected chi connectivity index (χ1v) is 7.72. The van der Waals surface area contributed by atoms with Gasteiger partial charge in [0.15, 0.2) is 0 Å². The second-order valence-electron chi connectivity index (χ2n) is 6.04. The zero-order valence-corrected chi connectivity index (χ0v) is 12.6. The first-order valence-electron chi connectivity index (χ1n) is 7.72. The quantitative estimate of drug-likeness (QED) is 0.771. The van der Waals surface area contributed by atoms with E-state index in [-0.39, 0.29) is 0 Å². The second-order valence-corrected chi connectivity index (χ2v) is 6.04. The Balaban J connectivity index is 1.94. The van der Waals surface area contributed by atoms with Gasteiger partial charge in [0.05, 0.1) is 0 Å². The molecule has 1 aromatic rings. The standard InChI is InChI=1S/C17H28N2/c1-4-19(13-15-8-6-5-7-9-15)17(14(2)3)12-18-16-10-11-16/h5-9,14,16-18H,4,10-13H2,1-3H3. The Bertz CT molecular complexity index is 357. The van der Waals surface area contributed by atoms with Gasteiger partial charge in [-0.15, -0.1) is 0 Å². The van der Waals surface area contributed by atoms with Crippen molar-refractivity contribution in [3.8, 4) is 0 Å². The molecule has 106 valence electrons. The van der Waals surface area contributed by atoms with Gasteiger partial charge in [0, 0.05) is 25.2 Å². The summed E-state index contributed by atoms with van der Waals surface area (Å²) in [7, 11) is 0. The molecule has 1 fully saturated rings. The van der Waals surface area contributed by atoms with Crippen LogP contribution in [0.15, 0.2) is 30.3 Å². The van der Waals surface area contributed by atoms with Gasteiger partial charge in [-0.05, 0) is 30.9 Å². The molecule has 2 heteroatoms. The number of benzene rings is 1. The molecule has 1 atom stereocenters. The lowest BCUT2D eigenvalue weighted by Gasteiger charge is -2.34. The first kappa shape index (κ1) is 14.5. The van der Waals surface area contributed by atoms with Gasteiger partial charge in [0.1, 0.15) is 0 Å². The maximum atomic E-state index is 3.70. The van der Waals surface area contributed by atoms with E-state index in [1.807, 2.05) is 0 Å². The van der Waals surface area contributed by atoms with Crippen molar-refractivity contribution in [2.75, 3.05) is 13.1 Å². The number of likely N-dealkylation sites (N-methyl/N-ethyl adjacent to an activating group) is 1. The summed E-state index contributed by atoms with van der Waals surface area (Å²) in [6, 6.07) is 12.3. The van der Waals surface area contributed by atoms with E-state index < -0.39 is 0 Å². The highest BCUT2D eigenvalue weighted by atomic mass is 15.2. The summed E-state index contributed by atoms with van der Waals surface area (Å²) in [5.41, 5.74) is 1.42. The minimum absolute atomic E-state index is 0.630. The molecule has 1 unspecified atom stereocenters. The van der Waals surface area contributed by atoms with E-state index in [0.29, 0.717) is 12.0 Å². The maximum Gasteiger partial charge on any atom is 0.0247 e. The van der Waals surface area contributed by atoms with Crippen molar-refractivity contribution >= 4 is 0 Å². The van der Waals surface area contributed by atoms with Crippen molar-refractivity contribution in [3.63, 3.8) is 0 Å². The van der Waals surface area contributed by atoms with Gasteiger partial charge in [-0.2, -0.15) is 0 Å². The molecular weight excluding hydrogens is 232 g/mol. The fourth-order valence-corrected chi connectivity index (χ4v) is 2.64. The topological polar surface area (TPSA) is 15.3 Å². The van der Waals surface area contributed by atoms with Gasteiger partial charge >= 0.3 is 0 Å². The molecule has 0 heterocycles. The van der Waals surface area contributed by atoms with Crippen molar-refractivity contribution in [1.82, 2.24) is 10.2 Å². The predicted octanol–water partition coefficient (Wildman–Crippen LogP) is 3.29. The highest BCUT2D eigenvalue weighted by Gasteiger charge is 2.25. The average Bonchev–Trinajstić information content (AvgIpc) is 3.22. The van der Waals surface area contributed by atoms with Crippen LogP contribution in [0.4, 0.5) is 0 Å². The lowest BCUT2D eigenvalue weighted by atomic mass is 10.0. The summed E-state index contributed by atoms with van der Waals surface area (Å²) in [6.07, 6.45) is 2.74. The van der Waals surface area contributed by atoms with Crippen molar-refractivity contribution in [2.45, 2.75) is 52.2 Å². The van der Waals surface area contributed by atoms with E-state index in [0.717, 1.165) is 25.7 Å². The van der Waals surface area contributed by atoms with Gasteiger partial charge in [0.25, 0.3) is 0 Å². The largest absolute Gasteiger partial charge is 0.312 e. The minimum atomic E-state index is 0.630. The number of hydrogen-bond donors (Lipinski definition) is 1. The van der Waals surface area contributed by atoms with Crippen LogP contribution in [0.5, 0.6) is 0 Å². The third kappa shape index (κ3) is 4.63. The van der Waals surface area contributed by atoms with Crippen molar-refractivity contribution in [2.24, 2.45) is 5.92 Å². The fourth-order valence-electron chi connectivity index (χ4n) is 2.64. The van der Waals surface area contributed by atoms with Gasteiger partial charge in [-0.1, -0.05) is 51.1 Å².